The highest BCUT2D eigenvalue weighted by Gasteiger charge is 2.20. The minimum Gasteiger partial charge on any atom is -0.369 e. The molecule has 4 rings (SSSR count). The van der Waals surface area contributed by atoms with Crippen molar-refractivity contribution >= 4 is 5.91 Å². The van der Waals surface area contributed by atoms with E-state index in [4.69, 9.17) is 5.73 Å². The van der Waals surface area contributed by atoms with Gasteiger partial charge in [0, 0.05) is 0 Å². The lowest BCUT2D eigenvalue weighted by Gasteiger charge is -2.26. The van der Waals surface area contributed by atoms with Crippen molar-refractivity contribution < 1.29 is 9.18 Å². The van der Waals surface area contributed by atoms with Crippen LogP contribution in [0, 0.1) is 5.92 Å². The van der Waals surface area contributed by atoms with Gasteiger partial charge >= 0.3 is 0 Å². The van der Waals surface area contributed by atoms with E-state index < -0.39 is 6.17 Å². The highest BCUT2D eigenvalue weighted by atomic mass is 19.1. The molecular weight excluding hydrogens is 445 g/mol. The van der Waals surface area contributed by atoms with Crippen LogP contribution in [0.25, 0.3) is 0 Å². The number of benzene rings is 2. The fourth-order valence-electron chi connectivity index (χ4n) is 5.76. The zero-order valence-electron chi connectivity index (χ0n) is 21.8. The van der Waals surface area contributed by atoms with E-state index in [0.717, 1.165) is 53.9 Å². The van der Waals surface area contributed by atoms with Gasteiger partial charge in [0.1, 0.15) is 6.17 Å². The number of aryl methyl sites for hydroxylation is 1. The van der Waals surface area contributed by atoms with Gasteiger partial charge in [0.05, 0.1) is 6.42 Å². The fraction of sp³-hybridized carbons (Fsp3) is 0.424. The Labute approximate surface area is 216 Å². The molecule has 0 spiro atoms. The minimum absolute atomic E-state index is 0.235. The van der Waals surface area contributed by atoms with E-state index in [1.165, 1.54) is 42.4 Å². The minimum atomic E-state index is -1.01. The first-order chi connectivity index (χ1) is 17.4. The number of hydrogen-bond donors (Lipinski definition) is 1. The molecule has 2 nitrogen and oxygen atoms in total. The summed E-state index contributed by atoms with van der Waals surface area (Å²) in [5, 5.41) is 0. The summed E-state index contributed by atoms with van der Waals surface area (Å²) in [4.78, 5) is 11.5. The maximum absolute atomic E-state index is 14.6. The molecule has 1 atom stereocenters. The molecule has 0 aromatic heterocycles. The number of carbonyl (C=O) groups excluding carboxylic acids is 1. The first-order valence-corrected chi connectivity index (χ1v) is 13.6. The molecule has 3 heteroatoms. The van der Waals surface area contributed by atoms with Crippen LogP contribution in [-0.4, -0.2) is 12.1 Å². The Morgan fingerprint density at radius 1 is 0.972 bits per heavy atom. The highest BCUT2D eigenvalue weighted by Crippen LogP contribution is 2.36. The van der Waals surface area contributed by atoms with E-state index in [9.17, 15) is 9.18 Å². The Morgan fingerprint density at radius 2 is 1.67 bits per heavy atom. The van der Waals surface area contributed by atoms with Crippen molar-refractivity contribution in [1.82, 2.24) is 0 Å². The number of primary amides is 1. The smallest absolute Gasteiger partial charge is 0.221 e. The van der Waals surface area contributed by atoms with E-state index in [1.807, 2.05) is 30.3 Å². The first-order valence-electron chi connectivity index (χ1n) is 13.6. The molecule has 2 N–H and O–H groups in total. The zero-order valence-corrected chi connectivity index (χ0v) is 21.8. The Balaban J connectivity index is 1.47. The van der Waals surface area contributed by atoms with Gasteiger partial charge in [-0.3, -0.25) is 4.79 Å². The largest absolute Gasteiger partial charge is 0.369 e. The maximum atomic E-state index is 14.6. The van der Waals surface area contributed by atoms with Crippen molar-refractivity contribution in [3.63, 3.8) is 0 Å². The molecule has 0 saturated heterocycles. The van der Waals surface area contributed by atoms with Crippen LogP contribution in [-0.2, 0) is 24.1 Å². The Morgan fingerprint density at radius 3 is 2.33 bits per heavy atom. The molecular formula is C33H40FNO. The molecule has 2 aliphatic carbocycles. The summed E-state index contributed by atoms with van der Waals surface area (Å²) in [5.41, 5.74) is 13.4. The molecule has 0 heterocycles. The number of nitrogens with two attached hydrogens (primary N) is 1. The van der Waals surface area contributed by atoms with Gasteiger partial charge < -0.3 is 5.73 Å². The number of allylic oxidation sites excluding steroid dienone is 6. The number of halogens is 1. The third-order valence-electron chi connectivity index (χ3n) is 7.90. The van der Waals surface area contributed by atoms with Crippen molar-refractivity contribution in [2.45, 2.75) is 83.7 Å². The average Bonchev–Trinajstić information content (AvgIpc) is 3.06. The van der Waals surface area contributed by atoms with Crippen molar-refractivity contribution in [1.29, 1.82) is 0 Å². The van der Waals surface area contributed by atoms with E-state index in [-0.39, 0.29) is 12.3 Å². The summed E-state index contributed by atoms with van der Waals surface area (Å²) in [5.74, 6) is 1.24. The molecule has 190 valence electrons. The van der Waals surface area contributed by atoms with Crippen LogP contribution < -0.4 is 5.73 Å². The topological polar surface area (TPSA) is 43.1 Å². The van der Waals surface area contributed by atoms with Crippen LogP contribution >= 0.6 is 0 Å². The van der Waals surface area contributed by atoms with Gasteiger partial charge in [-0.2, -0.15) is 0 Å². The third kappa shape index (κ3) is 7.06. The number of hydrogen-bond acceptors (Lipinski definition) is 1. The maximum Gasteiger partial charge on any atom is 0.221 e. The van der Waals surface area contributed by atoms with Gasteiger partial charge in [-0.15, -0.1) is 0 Å². The van der Waals surface area contributed by atoms with Gasteiger partial charge in [0.25, 0.3) is 0 Å². The Kier molecular flexibility index (Phi) is 8.96. The molecule has 0 bridgehead atoms. The predicted octanol–water partition coefficient (Wildman–Crippen LogP) is 7.72. The molecule has 1 amide bonds. The second-order valence-electron chi connectivity index (χ2n) is 10.7. The first kappa shape index (κ1) is 26.1. The van der Waals surface area contributed by atoms with Crippen LogP contribution in [0.2, 0.25) is 0 Å². The molecule has 36 heavy (non-hydrogen) atoms. The van der Waals surface area contributed by atoms with Crippen molar-refractivity contribution in [2.24, 2.45) is 11.7 Å². The molecule has 1 unspecified atom stereocenters. The van der Waals surface area contributed by atoms with E-state index in [0.29, 0.717) is 5.92 Å². The predicted molar refractivity (Wildman–Crippen MR) is 148 cm³/mol. The Hall–Kier alpha value is -2.94. The van der Waals surface area contributed by atoms with E-state index in [2.05, 4.69) is 43.3 Å². The molecule has 2 aliphatic rings. The summed E-state index contributed by atoms with van der Waals surface area (Å²) in [6.07, 6.45) is 14.0. The monoisotopic (exact) mass is 485 g/mol. The van der Waals surface area contributed by atoms with Gasteiger partial charge in [0.15, 0.2) is 0 Å². The summed E-state index contributed by atoms with van der Waals surface area (Å²) >= 11 is 0. The quantitative estimate of drug-likeness (QED) is 0.388. The van der Waals surface area contributed by atoms with Crippen molar-refractivity contribution in [3.8, 4) is 0 Å². The standard InChI is InChI=1S/C33H40FNO/c1-23-10-14-28(15-11-23)29-16-12-25(13-17-29)20-26-6-5-9-32(24(2)34)31(21-26)19-18-27-7-3-4-8-30(27)22-33(35)36/h3-4,6-9,12-13,16-17,21,23-24,28H,5,10-11,14-15,18-20,22H2,1-2H3,(H2,35,36). The van der Waals surface area contributed by atoms with Gasteiger partial charge in [0.2, 0.25) is 5.91 Å². The second kappa shape index (κ2) is 12.3. The van der Waals surface area contributed by atoms with Crippen LogP contribution in [0.3, 0.4) is 0 Å². The van der Waals surface area contributed by atoms with Crippen molar-refractivity contribution in [2.75, 3.05) is 0 Å². The molecule has 1 saturated carbocycles. The molecule has 0 radical (unpaired) electrons. The number of alkyl halides is 1. The van der Waals surface area contributed by atoms with Crippen LogP contribution in [0.15, 0.2) is 83.5 Å². The van der Waals surface area contributed by atoms with Crippen LogP contribution in [0.4, 0.5) is 4.39 Å². The summed E-state index contributed by atoms with van der Waals surface area (Å²) < 4.78 is 14.6. The lowest BCUT2D eigenvalue weighted by atomic mass is 9.79. The van der Waals surface area contributed by atoms with Crippen LogP contribution in [0.1, 0.15) is 80.5 Å². The summed E-state index contributed by atoms with van der Waals surface area (Å²) in [6.45, 7) is 3.99. The molecule has 2 aromatic rings. The summed E-state index contributed by atoms with van der Waals surface area (Å²) in [7, 11) is 0. The molecule has 0 aliphatic heterocycles. The number of carbonyl (C=O) groups is 1. The van der Waals surface area contributed by atoms with Crippen LogP contribution in [0.5, 0.6) is 0 Å². The normalized spacial score (nSPS) is 21.1. The highest BCUT2D eigenvalue weighted by molar-refractivity contribution is 5.77. The fourth-order valence-corrected chi connectivity index (χ4v) is 5.76. The lowest BCUT2D eigenvalue weighted by molar-refractivity contribution is -0.117. The lowest BCUT2D eigenvalue weighted by Crippen LogP contribution is -2.15. The third-order valence-corrected chi connectivity index (χ3v) is 7.90. The van der Waals surface area contributed by atoms with Gasteiger partial charge in [-0.05, 0) is 96.3 Å². The summed E-state index contributed by atoms with van der Waals surface area (Å²) in [6, 6.07) is 17.1. The SMILES string of the molecule is CC1CCC(c2ccc(CC3=CCC=C(C(C)F)C(CCc4ccccc4CC(N)=O)=C3)cc2)CC1. The molecule has 2 aromatic carbocycles. The number of rotatable bonds is 9. The molecule has 1 fully saturated rings. The second-order valence-corrected chi connectivity index (χ2v) is 10.7. The van der Waals surface area contributed by atoms with E-state index in [1.54, 1.807) is 6.92 Å². The number of amides is 1. The van der Waals surface area contributed by atoms with Gasteiger partial charge in [-0.25, -0.2) is 4.39 Å². The van der Waals surface area contributed by atoms with Gasteiger partial charge in [-0.1, -0.05) is 86.5 Å². The van der Waals surface area contributed by atoms with E-state index >= 15 is 0 Å². The zero-order chi connectivity index (χ0) is 25.5. The average molecular weight is 486 g/mol. The Bertz CT molecular complexity index is 1130. The van der Waals surface area contributed by atoms with Crippen molar-refractivity contribution in [3.05, 3.63) is 106 Å².